The Labute approximate surface area is 565 Å². The number of unbranched alkanes of at least 4 members (excludes halogenated alkanes) is 7. The highest BCUT2D eigenvalue weighted by Crippen LogP contribution is 2.24. The van der Waals surface area contributed by atoms with E-state index in [1.807, 2.05) is 16.0 Å². The van der Waals surface area contributed by atoms with Crippen LogP contribution in [0.3, 0.4) is 0 Å². The second-order valence-electron chi connectivity index (χ2n) is 25.1. The molecule has 3 fully saturated rings. The van der Waals surface area contributed by atoms with E-state index in [0.717, 1.165) is 61.7 Å². The van der Waals surface area contributed by atoms with Gasteiger partial charge in [0.05, 0.1) is 44.3 Å². The first-order valence-corrected chi connectivity index (χ1v) is 32.9. The maximum Gasteiger partial charge on any atom is 0.308 e. The Morgan fingerprint density at radius 3 is 1.69 bits per heavy atom. The van der Waals surface area contributed by atoms with E-state index in [1.54, 1.807) is 13.8 Å². The van der Waals surface area contributed by atoms with E-state index >= 15 is 4.79 Å². The van der Waals surface area contributed by atoms with Gasteiger partial charge >= 0.3 is 23.9 Å². The number of nitrogens with zero attached hydrogens (tertiary/aromatic N) is 2. The van der Waals surface area contributed by atoms with Crippen LogP contribution in [0.15, 0.2) is 24.3 Å². The van der Waals surface area contributed by atoms with Crippen LogP contribution in [0.25, 0.3) is 0 Å². The third kappa shape index (κ3) is 25.3. The molecule has 0 spiro atoms. The Balaban J connectivity index is 1.79. The van der Waals surface area contributed by atoms with E-state index in [4.69, 9.17) is 5.73 Å². The van der Waals surface area contributed by atoms with Gasteiger partial charge in [-0.2, -0.15) is 0 Å². The van der Waals surface area contributed by atoms with Crippen molar-refractivity contribution in [3.05, 3.63) is 29.8 Å². The monoisotopic (exact) mass is 1380 g/mol. The summed E-state index contributed by atoms with van der Waals surface area (Å²) in [7, 11) is 0. The molecule has 35 heteroatoms. The zero-order valence-corrected chi connectivity index (χ0v) is 55.9. The summed E-state index contributed by atoms with van der Waals surface area (Å²) < 4.78 is 0. The van der Waals surface area contributed by atoms with Crippen molar-refractivity contribution in [2.75, 3.05) is 31.5 Å². The molecular weight excluding hydrogens is 1290 g/mol. The SMILES string of the molecule is CCCCCCCCCCC(=O)Nc1cccc(C(=O)NC(CC(=O)O)C(=O)NC2C(=O)N3CCCCC3C(=O)NC(C(C)C(=O)O)C(=O)NC(CC(=O)O)C(=O)NCC(=O)NC(CC(=O)O)C(=O)NCC(=O)NC(C(C)N)C(=O)NC(C(C)C)C(=O)N3CCCC3C(=O)NC2C)c1. The van der Waals surface area contributed by atoms with Crippen LogP contribution in [-0.4, -0.2) is 224 Å². The van der Waals surface area contributed by atoms with Gasteiger partial charge in [-0.05, 0) is 83.4 Å². The number of nitrogens with one attached hydrogen (secondary N) is 11. The van der Waals surface area contributed by atoms with E-state index in [2.05, 4.69) is 49.5 Å². The average molecular weight is 1380 g/mol. The number of rotatable bonds is 24. The van der Waals surface area contributed by atoms with Gasteiger partial charge in [-0.15, -0.1) is 0 Å². The molecule has 1 aromatic carbocycles. The van der Waals surface area contributed by atoms with Crippen LogP contribution in [0, 0.1) is 11.8 Å². The molecule has 0 radical (unpaired) electrons. The van der Waals surface area contributed by atoms with Crippen molar-refractivity contribution < 1.29 is 102 Å². The van der Waals surface area contributed by atoms with Gasteiger partial charge in [-0.3, -0.25) is 81.5 Å². The number of piperidine rings is 1. The zero-order chi connectivity index (χ0) is 73.1. The van der Waals surface area contributed by atoms with Crippen molar-refractivity contribution in [1.82, 2.24) is 63.0 Å². The predicted octanol–water partition coefficient (Wildman–Crippen LogP) is -2.57. The summed E-state index contributed by atoms with van der Waals surface area (Å²) in [6, 6.07) is -13.5. The van der Waals surface area contributed by atoms with Gasteiger partial charge in [0.2, 0.25) is 70.9 Å². The Kier molecular flexibility index (Phi) is 32.4. The molecule has 12 unspecified atom stereocenters. The summed E-state index contributed by atoms with van der Waals surface area (Å²) in [4.78, 5) is 233. The van der Waals surface area contributed by atoms with Crippen LogP contribution in [0.4, 0.5) is 5.69 Å². The molecule has 0 bridgehead atoms. The smallest absolute Gasteiger partial charge is 0.308 e. The number of aliphatic carboxylic acids is 4. The average Bonchev–Trinajstić information content (AvgIpc) is 1.07. The largest absolute Gasteiger partial charge is 0.481 e. The lowest BCUT2D eigenvalue weighted by atomic mass is 9.96. The molecule has 3 aliphatic rings. The summed E-state index contributed by atoms with van der Waals surface area (Å²) in [5, 5.41) is 65.2. The first kappa shape index (κ1) is 80.6. The first-order valence-electron chi connectivity index (χ1n) is 32.9. The van der Waals surface area contributed by atoms with Crippen LogP contribution in [0.5, 0.6) is 0 Å². The number of fused-ring (bicyclic) bond motifs is 2. The number of hydrogen-bond acceptors (Lipinski definition) is 18. The van der Waals surface area contributed by atoms with E-state index < -0.39 is 205 Å². The topological polar surface area (TPSA) is 536 Å². The highest BCUT2D eigenvalue weighted by Gasteiger charge is 2.45. The number of carbonyl (C=O) groups is 17. The van der Waals surface area contributed by atoms with Gasteiger partial charge in [0, 0.05) is 36.8 Å². The predicted molar refractivity (Wildman–Crippen MR) is 345 cm³/mol. The molecule has 3 heterocycles. The number of carbonyl (C=O) groups excluding carboxylic acids is 13. The minimum absolute atomic E-state index is 0.00821. The summed E-state index contributed by atoms with van der Waals surface area (Å²) in [6.07, 6.45) is 5.12. The third-order valence-corrected chi connectivity index (χ3v) is 16.7. The lowest BCUT2D eigenvalue weighted by molar-refractivity contribution is -0.150. The number of amides is 13. The van der Waals surface area contributed by atoms with Crippen LogP contribution in [0.1, 0.15) is 161 Å². The highest BCUT2D eigenvalue weighted by atomic mass is 16.4. The number of nitrogens with two attached hydrogens (primary N) is 1. The molecule has 35 nitrogen and oxygen atoms in total. The van der Waals surface area contributed by atoms with Crippen molar-refractivity contribution in [2.24, 2.45) is 17.6 Å². The molecule has 0 saturated carbocycles. The molecule has 542 valence electrons. The summed E-state index contributed by atoms with van der Waals surface area (Å²) in [6.45, 7) is 6.32. The van der Waals surface area contributed by atoms with E-state index in [-0.39, 0.29) is 68.8 Å². The number of benzene rings is 1. The Morgan fingerprint density at radius 2 is 1.12 bits per heavy atom. The van der Waals surface area contributed by atoms with Gasteiger partial charge in [-0.25, -0.2) is 0 Å². The number of anilines is 1. The molecule has 17 N–H and O–H groups in total. The molecule has 0 aliphatic carbocycles. The fraction of sp³-hybridized carbons (Fsp3) is 0.635. The lowest BCUT2D eigenvalue weighted by Gasteiger charge is -2.39. The van der Waals surface area contributed by atoms with Gasteiger partial charge in [0.25, 0.3) is 5.91 Å². The number of hydrogen-bond donors (Lipinski definition) is 16. The van der Waals surface area contributed by atoms with Gasteiger partial charge in [0.15, 0.2) is 0 Å². The molecule has 13 amide bonds. The fourth-order valence-corrected chi connectivity index (χ4v) is 11.3. The Hall–Kier alpha value is -9.83. The van der Waals surface area contributed by atoms with Crippen LogP contribution < -0.4 is 64.2 Å². The summed E-state index contributed by atoms with van der Waals surface area (Å²) >= 11 is 0. The minimum atomic E-state index is -2.18. The van der Waals surface area contributed by atoms with E-state index in [9.17, 15) is 97.1 Å². The minimum Gasteiger partial charge on any atom is -0.481 e. The quantitative estimate of drug-likeness (QED) is 0.0473. The number of carboxylic acid groups (broad SMARTS) is 4. The molecule has 98 heavy (non-hydrogen) atoms. The third-order valence-electron chi connectivity index (χ3n) is 16.7. The molecule has 3 saturated heterocycles. The van der Waals surface area contributed by atoms with Crippen molar-refractivity contribution in [3.8, 4) is 0 Å². The van der Waals surface area contributed by atoms with Crippen LogP contribution in [-0.2, 0) is 76.7 Å². The Bertz CT molecular complexity index is 3110. The molecule has 3 aliphatic heterocycles. The van der Waals surface area contributed by atoms with Crippen molar-refractivity contribution in [1.29, 1.82) is 0 Å². The van der Waals surface area contributed by atoms with Gasteiger partial charge in [-0.1, -0.05) is 71.8 Å². The fourth-order valence-electron chi connectivity index (χ4n) is 11.3. The first-order chi connectivity index (χ1) is 46.2. The lowest BCUT2D eigenvalue weighted by Crippen LogP contribution is -2.66. The second kappa shape index (κ2) is 39.4. The van der Waals surface area contributed by atoms with E-state index in [1.165, 1.54) is 38.1 Å². The maximum atomic E-state index is 15.4. The molecular formula is C63H94N14O21. The molecule has 12 atom stereocenters. The van der Waals surface area contributed by atoms with Crippen molar-refractivity contribution in [2.45, 2.75) is 217 Å². The van der Waals surface area contributed by atoms with Gasteiger partial charge < -0.3 is 94.4 Å². The molecule has 1 aromatic rings. The molecule has 4 rings (SSSR count). The normalized spacial score (nSPS) is 24.1. The highest BCUT2D eigenvalue weighted by molar-refractivity contribution is 6.03. The zero-order valence-electron chi connectivity index (χ0n) is 55.9. The second-order valence-corrected chi connectivity index (χ2v) is 25.1. The summed E-state index contributed by atoms with van der Waals surface area (Å²) in [5.41, 5.74) is 6.20. The van der Waals surface area contributed by atoms with Gasteiger partial charge in [0.1, 0.15) is 54.4 Å². The Morgan fingerprint density at radius 1 is 0.592 bits per heavy atom. The van der Waals surface area contributed by atoms with E-state index in [0.29, 0.717) is 6.42 Å². The van der Waals surface area contributed by atoms with Crippen LogP contribution in [0.2, 0.25) is 0 Å². The maximum absolute atomic E-state index is 15.4. The number of carboxylic acids is 4. The van der Waals surface area contributed by atoms with Crippen LogP contribution >= 0.6 is 0 Å². The van der Waals surface area contributed by atoms with Crippen molar-refractivity contribution >= 4 is 106 Å². The van der Waals surface area contributed by atoms with Crippen molar-refractivity contribution in [3.63, 3.8) is 0 Å². The molecule has 0 aromatic heterocycles. The standard InChI is InChI=1S/C63H94N14O21/c1-7-8-9-10-11-12-13-14-23-43(78)68-37-20-17-19-36(26-37)53(87)70-40(29-48(85)86)56(90)75-52-35(6)67-57(91)42-22-18-25-77(42)61(95)49(32(2)3)73-60(94)51(34(5)64)72-45(80)31-66-54(88)38(27-46(81)82)69-44(79)30-65-55(89)39(28-47(83)84)71-59(93)50(33(4)63(97)98)74-58(92)41-21-15-16-24-76(41)62(52)96/h17,19-20,26,32-35,38-42,49-52H,7-16,18,21-25,27-31,64H2,1-6H3,(H,65,89)(H,66,88)(H,67,91)(H,68,78)(H,69,79)(H,70,87)(H,71,93)(H,72,80)(H,73,94)(H,74,92)(H,75,90)(H,81,82)(H,83,84)(H,85,86)(H,97,98). The summed E-state index contributed by atoms with van der Waals surface area (Å²) in [5.74, 6) is -23.5.